The monoisotopic (exact) mass is 277 g/mol. The van der Waals surface area contributed by atoms with E-state index in [4.69, 9.17) is 5.73 Å². The van der Waals surface area contributed by atoms with Gasteiger partial charge in [0.1, 0.15) is 0 Å². The molecule has 1 fully saturated rings. The molecule has 2 rings (SSSR count). The topological polar surface area (TPSA) is 78.6 Å². The van der Waals surface area contributed by atoms with Gasteiger partial charge in [-0.2, -0.15) is 0 Å². The first-order valence-electron chi connectivity index (χ1n) is 7.05. The van der Waals surface area contributed by atoms with Crippen LogP contribution in [0.2, 0.25) is 0 Å². The van der Waals surface area contributed by atoms with Gasteiger partial charge < -0.3 is 16.2 Å². The Bertz CT molecular complexity index is 457. The zero-order chi connectivity index (χ0) is 14.6. The summed E-state index contributed by atoms with van der Waals surface area (Å²) in [4.78, 5) is 14.1. The lowest BCUT2D eigenvalue weighted by atomic mass is 9.98. The first kappa shape index (κ1) is 14.8. The van der Waals surface area contributed by atoms with Crippen LogP contribution < -0.4 is 11.1 Å². The van der Waals surface area contributed by atoms with Crippen LogP contribution in [0.15, 0.2) is 24.3 Å². The van der Waals surface area contributed by atoms with E-state index in [2.05, 4.69) is 10.2 Å². The second-order valence-electron chi connectivity index (χ2n) is 5.80. The highest BCUT2D eigenvalue weighted by Crippen LogP contribution is 2.21. The van der Waals surface area contributed by atoms with E-state index in [0.29, 0.717) is 18.7 Å². The number of carbonyl (C=O) groups is 1. The first-order valence-corrected chi connectivity index (χ1v) is 7.05. The number of nitrogen functional groups attached to an aromatic ring is 1. The molecule has 1 aromatic carbocycles. The summed E-state index contributed by atoms with van der Waals surface area (Å²) in [6, 6.07) is 7.11. The van der Waals surface area contributed by atoms with E-state index in [-0.39, 0.29) is 5.91 Å². The highest BCUT2D eigenvalue weighted by atomic mass is 16.3. The van der Waals surface area contributed by atoms with Gasteiger partial charge in [0.15, 0.2) is 0 Å². The van der Waals surface area contributed by atoms with E-state index >= 15 is 0 Å². The fourth-order valence-electron chi connectivity index (χ4n) is 2.45. The van der Waals surface area contributed by atoms with Gasteiger partial charge in [-0.1, -0.05) is 0 Å². The van der Waals surface area contributed by atoms with Crippen molar-refractivity contribution in [1.29, 1.82) is 0 Å². The average Bonchev–Trinajstić information content (AvgIpc) is 2.54. The van der Waals surface area contributed by atoms with E-state index in [1.54, 1.807) is 24.3 Å². The molecular formula is C15H23N3O2. The number of amides is 1. The minimum atomic E-state index is -0.595. The lowest BCUT2D eigenvalue weighted by molar-refractivity contribution is -0.117. The summed E-state index contributed by atoms with van der Waals surface area (Å²) < 4.78 is 0. The second kappa shape index (κ2) is 6.24. The molecule has 1 heterocycles. The zero-order valence-electron chi connectivity index (χ0n) is 11.9. The minimum Gasteiger partial charge on any atom is -0.399 e. The number of benzene rings is 1. The molecule has 1 aromatic rings. The molecular weight excluding hydrogens is 254 g/mol. The molecule has 0 saturated carbocycles. The summed E-state index contributed by atoms with van der Waals surface area (Å²) in [6.45, 7) is 3.83. The molecule has 0 spiro atoms. The number of anilines is 2. The van der Waals surface area contributed by atoms with Gasteiger partial charge in [0, 0.05) is 17.9 Å². The predicted octanol–water partition coefficient (Wildman–Crippen LogP) is 1.44. The molecule has 1 aliphatic heterocycles. The Morgan fingerprint density at radius 1 is 1.35 bits per heavy atom. The van der Waals surface area contributed by atoms with Crippen molar-refractivity contribution >= 4 is 17.3 Å². The van der Waals surface area contributed by atoms with Crippen molar-refractivity contribution < 1.29 is 9.90 Å². The maximum absolute atomic E-state index is 12.0. The van der Waals surface area contributed by atoms with Crippen molar-refractivity contribution in [3.8, 4) is 0 Å². The van der Waals surface area contributed by atoms with Crippen LogP contribution in [-0.4, -0.2) is 41.1 Å². The highest BCUT2D eigenvalue weighted by Gasteiger charge is 2.25. The summed E-state index contributed by atoms with van der Waals surface area (Å²) in [5.74, 6) is -0.0312. The van der Waals surface area contributed by atoms with E-state index in [9.17, 15) is 9.90 Å². The van der Waals surface area contributed by atoms with Gasteiger partial charge in [0.2, 0.25) is 5.91 Å². The number of carbonyl (C=O) groups excluding carboxylic acids is 1. The number of nitrogens with one attached hydrogen (secondary N) is 1. The molecule has 1 saturated heterocycles. The third kappa shape index (κ3) is 4.51. The molecule has 5 nitrogen and oxygen atoms in total. The van der Waals surface area contributed by atoms with Crippen molar-refractivity contribution in [2.45, 2.75) is 31.8 Å². The molecule has 0 aliphatic carbocycles. The SMILES string of the molecule is CC1(O)CCCN(CC(=O)Nc2ccc(N)cc2)CC1. The van der Waals surface area contributed by atoms with E-state index < -0.39 is 5.60 Å². The normalized spacial score (nSPS) is 24.1. The van der Waals surface area contributed by atoms with Crippen molar-refractivity contribution in [1.82, 2.24) is 4.90 Å². The Kier molecular flexibility index (Phi) is 4.62. The summed E-state index contributed by atoms with van der Waals surface area (Å²) in [5, 5.41) is 12.9. The van der Waals surface area contributed by atoms with Gasteiger partial charge in [0.05, 0.1) is 12.1 Å². The van der Waals surface area contributed by atoms with Gasteiger partial charge in [-0.25, -0.2) is 0 Å². The first-order chi connectivity index (χ1) is 9.44. The molecule has 1 atom stereocenters. The Balaban J connectivity index is 1.83. The van der Waals surface area contributed by atoms with E-state index in [1.807, 2.05) is 6.92 Å². The zero-order valence-corrected chi connectivity index (χ0v) is 11.9. The number of nitrogens with two attached hydrogens (primary N) is 1. The van der Waals surface area contributed by atoms with E-state index in [1.165, 1.54) is 0 Å². The smallest absolute Gasteiger partial charge is 0.238 e. The number of hydrogen-bond acceptors (Lipinski definition) is 4. The number of nitrogens with zero attached hydrogens (tertiary/aromatic N) is 1. The minimum absolute atomic E-state index is 0.0312. The molecule has 0 radical (unpaired) electrons. The van der Waals surface area contributed by atoms with Gasteiger partial charge in [-0.3, -0.25) is 9.69 Å². The van der Waals surface area contributed by atoms with E-state index in [0.717, 1.165) is 31.6 Å². The molecule has 20 heavy (non-hydrogen) atoms. The predicted molar refractivity (Wildman–Crippen MR) is 80.4 cm³/mol. The number of hydrogen-bond donors (Lipinski definition) is 3. The van der Waals surface area contributed by atoms with Gasteiger partial charge in [-0.15, -0.1) is 0 Å². The summed E-state index contributed by atoms with van der Waals surface area (Å²) >= 11 is 0. The van der Waals surface area contributed by atoms with Crippen molar-refractivity contribution in [3.05, 3.63) is 24.3 Å². The lowest BCUT2D eigenvalue weighted by Gasteiger charge is -2.22. The van der Waals surface area contributed by atoms with Crippen LogP contribution >= 0.6 is 0 Å². The molecule has 5 heteroatoms. The van der Waals surface area contributed by atoms with Crippen LogP contribution in [0.1, 0.15) is 26.2 Å². The van der Waals surface area contributed by atoms with Crippen LogP contribution in [-0.2, 0) is 4.79 Å². The van der Waals surface area contributed by atoms with Gasteiger partial charge in [0.25, 0.3) is 0 Å². The molecule has 1 amide bonds. The summed E-state index contributed by atoms with van der Waals surface area (Å²) in [7, 11) is 0. The average molecular weight is 277 g/mol. The summed E-state index contributed by atoms with van der Waals surface area (Å²) in [6.07, 6.45) is 2.42. The van der Waals surface area contributed by atoms with Crippen LogP contribution in [0.3, 0.4) is 0 Å². The third-order valence-electron chi connectivity index (χ3n) is 3.72. The second-order valence-corrected chi connectivity index (χ2v) is 5.80. The maximum atomic E-state index is 12.0. The summed E-state index contributed by atoms with van der Waals surface area (Å²) in [5.41, 5.74) is 6.44. The largest absolute Gasteiger partial charge is 0.399 e. The maximum Gasteiger partial charge on any atom is 0.238 e. The molecule has 1 aliphatic rings. The molecule has 0 bridgehead atoms. The van der Waals surface area contributed by atoms with Gasteiger partial charge >= 0.3 is 0 Å². The Hall–Kier alpha value is -1.59. The number of aliphatic hydroxyl groups is 1. The fraction of sp³-hybridized carbons (Fsp3) is 0.533. The Morgan fingerprint density at radius 2 is 2.05 bits per heavy atom. The quantitative estimate of drug-likeness (QED) is 0.731. The molecule has 110 valence electrons. The number of likely N-dealkylation sites (tertiary alicyclic amines) is 1. The molecule has 4 N–H and O–H groups in total. The highest BCUT2D eigenvalue weighted by molar-refractivity contribution is 5.92. The van der Waals surface area contributed by atoms with Crippen molar-refractivity contribution in [3.63, 3.8) is 0 Å². The van der Waals surface area contributed by atoms with Crippen LogP contribution in [0, 0.1) is 0 Å². The Morgan fingerprint density at radius 3 is 2.75 bits per heavy atom. The molecule has 0 aromatic heterocycles. The third-order valence-corrected chi connectivity index (χ3v) is 3.72. The Labute approximate surface area is 119 Å². The van der Waals surface area contributed by atoms with Crippen LogP contribution in [0.5, 0.6) is 0 Å². The van der Waals surface area contributed by atoms with Crippen molar-refractivity contribution in [2.75, 3.05) is 30.7 Å². The van der Waals surface area contributed by atoms with Crippen LogP contribution in [0.4, 0.5) is 11.4 Å². The fourth-order valence-corrected chi connectivity index (χ4v) is 2.45. The molecule has 1 unspecified atom stereocenters. The standard InChI is InChI=1S/C15H23N3O2/c1-15(20)7-2-9-18(10-8-15)11-14(19)17-13-5-3-12(16)4-6-13/h3-6,20H,2,7-11,16H2,1H3,(H,17,19). The van der Waals surface area contributed by atoms with Crippen molar-refractivity contribution in [2.24, 2.45) is 0 Å². The van der Waals surface area contributed by atoms with Crippen LogP contribution in [0.25, 0.3) is 0 Å². The number of rotatable bonds is 3. The van der Waals surface area contributed by atoms with Gasteiger partial charge in [-0.05, 0) is 57.0 Å². The lowest BCUT2D eigenvalue weighted by Crippen LogP contribution is -2.35.